The molecule has 1 aliphatic heterocycles. The van der Waals surface area contributed by atoms with Crippen LogP contribution in [0.5, 0.6) is 0 Å². The van der Waals surface area contributed by atoms with Crippen LogP contribution >= 0.6 is 0 Å². The molecule has 1 aromatic rings. The fourth-order valence-corrected chi connectivity index (χ4v) is 2.38. The van der Waals surface area contributed by atoms with Crippen LogP contribution in [0.25, 0.3) is 0 Å². The first kappa shape index (κ1) is 13.4. The Hall–Kier alpha value is -2.04. The molecule has 0 bridgehead atoms. The van der Waals surface area contributed by atoms with Crippen LogP contribution in [0.1, 0.15) is 24.5 Å². The third kappa shape index (κ3) is 2.86. The SMILES string of the molecule is CC(C(=O)N1CCCc2ccccc2C1)C(N)=NO. The van der Waals surface area contributed by atoms with Gasteiger partial charge in [-0.2, -0.15) is 0 Å². The van der Waals surface area contributed by atoms with Crippen molar-refractivity contribution in [2.75, 3.05) is 6.54 Å². The van der Waals surface area contributed by atoms with E-state index in [1.165, 1.54) is 11.1 Å². The van der Waals surface area contributed by atoms with E-state index in [2.05, 4.69) is 17.3 Å². The predicted octanol–water partition coefficient (Wildman–Crippen LogP) is 1.34. The molecule has 1 unspecified atom stereocenters. The second-order valence-electron chi connectivity index (χ2n) is 4.88. The van der Waals surface area contributed by atoms with Crippen LogP contribution in [-0.2, 0) is 17.8 Å². The summed E-state index contributed by atoms with van der Waals surface area (Å²) in [6.07, 6.45) is 1.92. The van der Waals surface area contributed by atoms with Crippen LogP contribution in [0.4, 0.5) is 0 Å². The molecule has 0 aliphatic carbocycles. The van der Waals surface area contributed by atoms with Gasteiger partial charge in [-0.05, 0) is 30.9 Å². The van der Waals surface area contributed by atoms with Gasteiger partial charge in [0.1, 0.15) is 0 Å². The molecule has 19 heavy (non-hydrogen) atoms. The fourth-order valence-electron chi connectivity index (χ4n) is 2.38. The molecule has 5 nitrogen and oxygen atoms in total. The number of carbonyl (C=O) groups excluding carboxylic acids is 1. The van der Waals surface area contributed by atoms with Crippen LogP contribution < -0.4 is 5.73 Å². The Morgan fingerprint density at radius 1 is 1.42 bits per heavy atom. The van der Waals surface area contributed by atoms with Crippen molar-refractivity contribution in [3.05, 3.63) is 35.4 Å². The number of benzene rings is 1. The average Bonchev–Trinajstić information content (AvgIpc) is 2.66. The zero-order chi connectivity index (χ0) is 13.8. The summed E-state index contributed by atoms with van der Waals surface area (Å²) in [6.45, 7) is 2.96. The molecular formula is C14H19N3O2. The molecular weight excluding hydrogens is 242 g/mol. The van der Waals surface area contributed by atoms with Crippen LogP contribution in [0.2, 0.25) is 0 Å². The first-order chi connectivity index (χ1) is 9.13. The smallest absolute Gasteiger partial charge is 0.233 e. The van der Waals surface area contributed by atoms with Crippen molar-refractivity contribution in [1.82, 2.24) is 4.90 Å². The van der Waals surface area contributed by atoms with E-state index in [1.807, 2.05) is 12.1 Å². The monoisotopic (exact) mass is 261 g/mol. The lowest BCUT2D eigenvalue weighted by Gasteiger charge is -2.24. The van der Waals surface area contributed by atoms with E-state index in [0.717, 1.165) is 12.8 Å². The van der Waals surface area contributed by atoms with Gasteiger partial charge in [-0.3, -0.25) is 4.79 Å². The van der Waals surface area contributed by atoms with Gasteiger partial charge in [0, 0.05) is 13.1 Å². The third-order valence-electron chi connectivity index (χ3n) is 3.59. The zero-order valence-corrected chi connectivity index (χ0v) is 11.0. The summed E-state index contributed by atoms with van der Waals surface area (Å²) < 4.78 is 0. The molecule has 0 fully saturated rings. The van der Waals surface area contributed by atoms with Crippen molar-refractivity contribution in [1.29, 1.82) is 0 Å². The third-order valence-corrected chi connectivity index (χ3v) is 3.59. The van der Waals surface area contributed by atoms with Gasteiger partial charge >= 0.3 is 0 Å². The summed E-state index contributed by atoms with van der Waals surface area (Å²) in [6, 6.07) is 8.17. The second kappa shape index (κ2) is 5.73. The number of amidine groups is 1. The van der Waals surface area contributed by atoms with E-state index in [0.29, 0.717) is 13.1 Å². The van der Waals surface area contributed by atoms with Crippen LogP contribution in [0, 0.1) is 5.92 Å². The Kier molecular flexibility index (Phi) is 4.04. The molecule has 1 aromatic carbocycles. The molecule has 0 aromatic heterocycles. The summed E-state index contributed by atoms with van der Waals surface area (Å²) in [5.41, 5.74) is 7.99. The maximum atomic E-state index is 12.3. The molecule has 1 heterocycles. The van der Waals surface area contributed by atoms with Gasteiger partial charge < -0.3 is 15.8 Å². The molecule has 2 rings (SSSR count). The molecule has 1 aliphatic rings. The lowest BCUT2D eigenvalue weighted by Crippen LogP contribution is -2.40. The van der Waals surface area contributed by atoms with E-state index in [4.69, 9.17) is 10.9 Å². The molecule has 0 saturated carbocycles. The first-order valence-corrected chi connectivity index (χ1v) is 6.46. The Bertz CT molecular complexity index is 499. The lowest BCUT2D eigenvalue weighted by atomic mass is 10.0. The van der Waals surface area contributed by atoms with Crippen LogP contribution in [0.3, 0.4) is 0 Å². The molecule has 0 saturated heterocycles. The molecule has 1 atom stereocenters. The largest absolute Gasteiger partial charge is 0.409 e. The highest BCUT2D eigenvalue weighted by Crippen LogP contribution is 2.19. The predicted molar refractivity (Wildman–Crippen MR) is 72.8 cm³/mol. The molecule has 3 N–H and O–H groups in total. The van der Waals surface area contributed by atoms with Gasteiger partial charge in [-0.15, -0.1) is 0 Å². The fraction of sp³-hybridized carbons (Fsp3) is 0.429. The summed E-state index contributed by atoms with van der Waals surface area (Å²) in [5.74, 6) is -0.718. The normalized spacial score (nSPS) is 17.5. The van der Waals surface area contributed by atoms with Gasteiger partial charge in [0.25, 0.3) is 0 Å². The highest BCUT2D eigenvalue weighted by atomic mass is 16.4. The highest BCUT2D eigenvalue weighted by molar-refractivity contribution is 6.01. The van der Waals surface area contributed by atoms with E-state index >= 15 is 0 Å². The van der Waals surface area contributed by atoms with E-state index < -0.39 is 5.92 Å². The van der Waals surface area contributed by atoms with E-state index in [1.54, 1.807) is 11.8 Å². The van der Waals surface area contributed by atoms with E-state index in [-0.39, 0.29) is 11.7 Å². The number of nitrogens with zero attached hydrogens (tertiary/aromatic N) is 2. The molecule has 0 spiro atoms. The number of amides is 1. The summed E-state index contributed by atoms with van der Waals surface area (Å²) in [7, 11) is 0. The highest BCUT2D eigenvalue weighted by Gasteiger charge is 2.25. The summed E-state index contributed by atoms with van der Waals surface area (Å²) in [4.78, 5) is 14.1. The second-order valence-corrected chi connectivity index (χ2v) is 4.88. The standard InChI is InChI=1S/C14H19N3O2/c1-10(13(15)16-19)14(18)17-8-4-7-11-5-2-3-6-12(11)9-17/h2-3,5-6,10,19H,4,7-9H2,1H3,(H2,15,16). The number of nitrogens with two attached hydrogens (primary N) is 1. The van der Waals surface area contributed by atoms with Crippen molar-refractivity contribution in [3.8, 4) is 0 Å². The minimum atomic E-state index is -0.588. The number of oxime groups is 1. The van der Waals surface area contributed by atoms with Crippen molar-refractivity contribution in [2.45, 2.75) is 26.3 Å². The number of fused-ring (bicyclic) bond motifs is 1. The molecule has 5 heteroatoms. The quantitative estimate of drug-likeness (QED) is 0.365. The van der Waals surface area contributed by atoms with Gasteiger partial charge in [0.2, 0.25) is 5.91 Å². The van der Waals surface area contributed by atoms with E-state index in [9.17, 15) is 4.79 Å². The first-order valence-electron chi connectivity index (χ1n) is 6.46. The Labute approximate surface area is 112 Å². The van der Waals surface area contributed by atoms with Gasteiger partial charge in [0.15, 0.2) is 5.84 Å². The van der Waals surface area contributed by atoms with Crippen molar-refractivity contribution in [2.24, 2.45) is 16.8 Å². The van der Waals surface area contributed by atoms with Crippen LogP contribution in [-0.4, -0.2) is 28.4 Å². The van der Waals surface area contributed by atoms with Crippen molar-refractivity contribution >= 4 is 11.7 Å². The van der Waals surface area contributed by atoms with Gasteiger partial charge in [-0.25, -0.2) is 0 Å². The zero-order valence-electron chi connectivity index (χ0n) is 11.0. The number of hydrogen-bond donors (Lipinski definition) is 2. The molecule has 1 amide bonds. The number of carbonyl (C=O) groups is 1. The minimum Gasteiger partial charge on any atom is -0.409 e. The summed E-state index contributed by atoms with van der Waals surface area (Å²) >= 11 is 0. The number of hydrogen-bond acceptors (Lipinski definition) is 3. The Morgan fingerprint density at radius 3 is 2.79 bits per heavy atom. The number of rotatable bonds is 2. The van der Waals surface area contributed by atoms with Crippen molar-refractivity contribution < 1.29 is 10.0 Å². The van der Waals surface area contributed by atoms with Gasteiger partial charge in [-0.1, -0.05) is 29.4 Å². The Balaban J connectivity index is 2.16. The maximum Gasteiger partial charge on any atom is 0.233 e. The lowest BCUT2D eigenvalue weighted by molar-refractivity contribution is -0.133. The minimum absolute atomic E-state index is 0.0393. The van der Waals surface area contributed by atoms with Crippen LogP contribution in [0.15, 0.2) is 29.4 Å². The topological polar surface area (TPSA) is 78.9 Å². The molecule has 102 valence electrons. The molecule has 0 radical (unpaired) electrons. The van der Waals surface area contributed by atoms with Gasteiger partial charge in [0.05, 0.1) is 5.92 Å². The van der Waals surface area contributed by atoms with Crippen molar-refractivity contribution in [3.63, 3.8) is 0 Å². The average molecular weight is 261 g/mol. The summed E-state index contributed by atoms with van der Waals surface area (Å²) in [5, 5.41) is 11.6. The number of aryl methyl sites for hydroxylation is 1. The Morgan fingerprint density at radius 2 is 2.11 bits per heavy atom. The maximum absolute atomic E-state index is 12.3.